The van der Waals surface area contributed by atoms with Crippen LogP contribution < -0.4 is 0 Å². The Bertz CT molecular complexity index is 1480. The maximum absolute atomic E-state index is 15.2. The minimum atomic E-state index is -1.63. The molecule has 0 aliphatic heterocycles. The summed E-state index contributed by atoms with van der Waals surface area (Å²) in [6.45, 7) is 23.9. The second-order valence-electron chi connectivity index (χ2n) is 14.3. The van der Waals surface area contributed by atoms with Gasteiger partial charge in [0.15, 0.2) is 28.8 Å². The van der Waals surface area contributed by atoms with Crippen molar-refractivity contribution in [2.75, 3.05) is 0 Å². The Kier molecular flexibility index (Phi) is 10.1. The van der Waals surface area contributed by atoms with E-state index in [4.69, 9.17) is 0 Å². The fourth-order valence-electron chi connectivity index (χ4n) is 7.16. The van der Waals surface area contributed by atoms with Crippen LogP contribution in [0, 0.1) is 28.1 Å². The van der Waals surface area contributed by atoms with Gasteiger partial charge in [-0.3, -0.25) is 14.4 Å². The number of aliphatic hydroxyl groups excluding tert-OH is 1. The summed E-state index contributed by atoms with van der Waals surface area (Å²) >= 11 is 0. The molecule has 1 aromatic carbocycles. The van der Waals surface area contributed by atoms with Gasteiger partial charge in [-0.05, 0) is 116 Å². The van der Waals surface area contributed by atoms with E-state index in [9.17, 15) is 20.1 Å². The number of ketones is 3. The van der Waals surface area contributed by atoms with E-state index in [-0.39, 0.29) is 42.4 Å². The molecule has 6 heteroatoms. The molecule has 6 nitrogen and oxygen atoms in total. The lowest BCUT2D eigenvalue weighted by Gasteiger charge is -2.61. The fourth-order valence-corrected chi connectivity index (χ4v) is 7.16. The van der Waals surface area contributed by atoms with Crippen LogP contribution >= 0.6 is 0 Å². The van der Waals surface area contributed by atoms with Crippen molar-refractivity contribution in [3.05, 3.63) is 76.9 Å². The second-order valence-corrected chi connectivity index (χ2v) is 14.3. The summed E-state index contributed by atoms with van der Waals surface area (Å²) in [6.07, 6.45) is 6.44. The van der Waals surface area contributed by atoms with Gasteiger partial charge in [-0.1, -0.05) is 54.9 Å². The van der Waals surface area contributed by atoms with Crippen LogP contribution in [0.25, 0.3) is 5.76 Å². The first-order chi connectivity index (χ1) is 20.3. The number of rotatable bonds is 11. The predicted molar refractivity (Wildman–Crippen MR) is 176 cm³/mol. The third kappa shape index (κ3) is 6.00. The summed E-state index contributed by atoms with van der Waals surface area (Å²) in [5, 5.41) is 31.7. The Hall–Kier alpha value is -3.67. The van der Waals surface area contributed by atoms with Crippen LogP contribution in [-0.2, 0) is 14.4 Å². The molecule has 1 unspecified atom stereocenters. The standard InChI is InChI=1S/C38H50O6/c1-22(2)11-13-27(25(7)8)20-38-34(43)31(32(41)26-14-16-29(39)30(40)19-26)33(42)37(35(38)44,18-17-24(5)6)21-28(36(38,9)10)15-12-23(3)4/h12,14,16-17,19,27-28,39-41H,1,7,11,13,15,18,20-21H2,2-6,8-10H3/b32-31+/t27?,28-,37-,38+/m1/s1. The molecule has 44 heavy (non-hydrogen) atoms. The third-order valence-corrected chi connectivity index (χ3v) is 10.1. The maximum Gasteiger partial charge on any atom is 0.184 e. The highest BCUT2D eigenvalue weighted by molar-refractivity contribution is 6.41. The number of aromatic hydroxyl groups is 2. The number of phenols is 2. The molecule has 2 saturated carbocycles. The van der Waals surface area contributed by atoms with Crippen LogP contribution in [-0.4, -0.2) is 32.7 Å². The minimum absolute atomic E-state index is 0.00886. The average molecular weight is 603 g/mol. The third-order valence-electron chi connectivity index (χ3n) is 10.1. The zero-order valence-corrected chi connectivity index (χ0v) is 27.8. The van der Waals surface area contributed by atoms with E-state index in [1.54, 1.807) is 0 Å². The van der Waals surface area contributed by atoms with Gasteiger partial charge in [0.2, 0.25) is 0 Å². The van der Waals surface area contributed by atoms with Gasteiger partial charge >= 0.3 is 0 Å². The lowest BCUT2D eigenvalue weighted by Crippen LogP contribution is -2.70. The van der Waals surface area contributed by atoms with E-state index < -0.39 is 50.6 Å². The first-order valence-electron chi connectivity index (χ1n) is 15.5. The maximum atomic E-state index is 15.2. The number of Topliss-reactive ketones (excluding diaryl/α,β-unsaturated/α-hetero) is 3. The molecule has 3 rings (SSSR count). The highest BCUT2D eigenvalue weighted by atomic mass is 16.3. The topological polar surface area (TPSA) is 112 Å². The van der Waals surface area contributed by atoms with Gasteiger partial charge in [0.1, 0.15) is 11.3 Å². The van der Waals surface area contributed by atoms with Crippen molar-refractivity contribution < 1.29 is 29.7 Å². The molecule has 2 aliphatic carbocycles. The van der Waals surface area contributed by atoms with Gasteiger partial charge in [0, 0.05) is 5.56 Å². The van der Waals surface area contributed by atoms with E-state index in [1.165, 1.54) is 12.1 Å². The Morgan fingerprint density at radius 2 is 1.57 bits per heavy atom. The van der Waals surface area contributed by atoms with E-state index in [0.29, 0.717) is 19.3 Å². The molecule has 0 radical (unpaired) electrons. The average Bonchev–Trinajstić information content (AvgIpc) is 2.92. The molecule has 1 aromatic rings. The largest absolute Gasteiger partial charge is 0.506 e. The van der Waals surface area contributed by atoms with Crippen molar-refractivity contribution in [3.63, 3.8) is 0 Å². The smallest absolute Gasteiger partial charge is 0.184 e. The highest BCUT2D eigenvalue weighted by Crippen LogP contribution is 2.66. The van der Waals surface area contributed by atoms with Crippen LogP contribution in [0.3, 0.4) is 0 Å². The van der Waals surface area contributed by atoms with Gasteiger partial charge in [0.25, 0.3) is 0 Å². The molecule has 0 amide bonds. The SMILES string of the molecule is C=C(C)CCC(C[C@@]12C(=O)/C(=C(/O)c3ccc(O)c(O)c3)C(=O)[C@@](CC=C(C)C)(C[C@@H](CC=C(C)C)C1(C)C)C2=O)C(=C)C. The van der Waals surface area contributed by atoms with E-state index >= 15 is 9.59 Å². The number of phenolic OH excluding ortho intramolecular Hbond substituents is 2. The summed E-state index contributed by atoms with van der Waals surface area (Å²) < 4.78 is 0. The van der Waals surface area contributed by atoms with E-state index in [0.717, 1.165) is 28.4 Å². The van der Waals surface area contributed by atoms with Gasteiger partial charge in [-0.15, -0.1) is 6.58 Å². The summed E-state index contributed by atoms with van der Waals surface area (Å²) in [5.74, 6) is -3.63. The molecule has 0 aromatic heterocycles. The first-order valence-corrected chi connectivity index (χ1v) is 15.5. The number of carbonyl (C=O) groups is 3. The Morgan fingerprint density at radius 3 is 2.09 bits per heavy atom. The van der Waals surface area contributed by atoms with E-state index in [1.807, 2.05) is 61.5 Å². The van der Waals surface area contributed by atoms with Crippen LogP contribution in [0.2, 0.25) is 0 Å². The highest BCUT2D eigenvalue weighted by Gasteiger charge is 2.74. The number of allylic oxidation sites excluding steroid dienone is 7. The molecular weight excluding hydrogens is 552 g/mol. The molecule has 3 N–H and O–H groups in total. The molecule has 2 aliphatic rings. The first kappa shape index (κ1) is 34.8. The quantitative estimate of drug-likeness (QED) is 0.0583. The fraction of sp³-hybridized carbons (Fsp3) is 0.500. The van der Waals surface area contributed by atoms with Crippen molar-refractivity contribution in [1.29, 1.82) is 0 Å². The van der Waals surface area contributed by atoms with Crippen molar-refractivity contribution >= 4 is 23.1 Å². The van der Waals surface area contributed by atoms with Crippen molar-refractivity contribution in [2.24, 2.45) is 28.1 Å². The molecule has 238 valence electrons. The van der Waals surface area contributed by atoms with Crippen LogP contribution in [0.1, 0.15) is 99.5 Å². The van der Waals surface area contributed by atoms with Crippen LogP contribution in [0.15, 0.2) is 71.4 Å². The van der Waals surface area contributed by atoms with Crippen molar-refractivity contribution in [3.8, 4) is 11.5 Å². The number of hydrogen-bond acceptors (Lipinski definition) is 6. The zero-order chi connectivity index (χ0) is 33.4. The zero-order valence-electron chi connectivity index (χ0n) is 27.8. The summed E-state index contributed by atoms with van der Waals surface area (Å²) in [5.41, 5.74) is -0.603. The molecule has 0 spiro atoms. The normalized spacial score (nSPS) is 26.1. The Morgan fingerprint density at radius 1 is 0.955 bits per heavy atom. The Labute approximate surface area is 263 Å². The lowest BCUT2D eigenvalue weighted by atomic mass is 9.38. The van der Waals surface area contributed by atoms with E-state index in [2.05, 4.69) is 19.2 Å². The number of fused-ring (bicyclic) bond motifs is 2. The van der Waals surface area contributed by atoms with Gasteiger partial charge in [0.05, 0.1) is 10.8 Å². The number of hydrogen-bond donors (Lipinski definition) is 3. The molecule has 0 heterocycles. The predicted octanol–water partition coefficient (Wildman–Crippen LogP) is 8.76. The van der Waals surface area contributed by atoms with Gasteiger partial charge in [-0.2, -0.15) is 0 Å². The summed E-state index contributed by atoms with van der Waals surface area (Å²) in [6, 6.07) is 3.64. The molecule has 0 saturated heterocycles. The minimum Gasteiger partial charge on any atom is -0.506 e. The second kappa shape index (κ2) is 12.7. The molecule has 4 atom stereocenters. The lowest BCUT2D eigenvalue weighted by molar-refractivity contribution is -0.178. The van der Waals surface area contributed by atoms with Crippen LogP contribution in [0.4, 0.5) is 0 Å². The monoisotopic (exact) mass is 602 g/mol. The van der Waals surface area contributed by atoms with Crippen molar-refractivity contribution in [2.45, 2.75) is 93.9 Å². The Balaban J connectivity index is 2.46. The molecule has 2 bridgehead atoms. The van der Waals surface area contributed by atoms with Crippen molar-refractivity contribution in [1.82, 2.24) is 0 Å². The number of benzene rings is 1. The van der Waals surface area contributed by atoms with Crippen LogP contribution in [0.5, 0.6) is 11.5 Å². The van der Waals surface area contributed by atoms with Gasteiger partial charge < -0.3 is 15.3 Å². The number of aliphatic hydroxyl groups is 1. The molecular formula is C38H50O6. The summed E-state index contributed by atoms with van der Waals surface area (Å²) in [4.78, 5) is 44.9. The summed E-state index contributed by atoms with van der Waals surface area (Å²) in [7, 11) is 0. The molecule has 2 fully saturated rings. The van der Waals surface area contributed by atoms with Gasteiger partial charge in [-0.25, -0.2) is 0 Å². The number of carbonyl (C=O) groups excluding carboxylic acids is 3.